The van der Waals surface area contributed by atoms with E-state index in [1.807, 2.05) is 12.3 Å². The molecule has 0 fully saturated rings. The van der Waals surface area contributed by atoms with Gasteiger partial charge in [-0.2, -0.15) is 9.67 Å². The van der Waals surface area contributed by atoms with Crippen LogP contribution >= 0.6 is 0 Å². The Morgan fingerprint density at radius 3 is 2.53 bits per heavy atom. The number of aromatic nitrogens is 3. The molecular formula is C29H29N5O2. The molecule has 1 aliphatic rings. The number of carbonyl (C=O) groups excluding carboxylic acids is 1. The van der Waals surface area contributed by atoms with Gasteiger partial charge in [0.05, 0.1) is 19.2 Å². The highest BCUT2D eigenvalue weighted by molar-refractivity contribution is 5.83. The standard InChI is InChI=1S/C27H25N5.C2H4O2/c1-19-8-10-21(11-9-19)18-32-27(28)25(17-30-32)29-16-22-12-13-31-24(15-22)14-20(2)26(31)23-6-4-3-5-7-23;1-2(3)4/h3-13,15-17,28H,14,18H2,1-2H3;1H3,(H,3,4). The van der Waals surface area contributed by atoms with Crippen molar-refractivity contribution in [3.05, 3.63) is 113 Å². The number of aliphatic carboxylic acids is 1. The Kier molecular flexibility index (Phi) is 7.39. The second-order valence-corrected chi connectivity index (χ2v) is 8.80. The number of nitrogens with zero attached hydrogens (tertiary/aromatic N) is 4. The average molecular weight is 480 g/mol. The van der Waals surface area contributed by atoms with Gasteiger partial charge in [-0.15, -0.1) is 0 Å². The van der Waals surface area contributed by atoms with Gasteiger partial charge >= 0.3 is 0 Å². The molecule has 2 N–H and O–H groups in total. The molecule has 2 aromatic heterocycles. The van der Waals surface area contributed by atoms with Crippen LogP contribution in [-0.2, 0) is 17.8 Å². The number of anilines is 1. The minimum atomic E-state index is -1.08. The molecule has 3 heterocycles. The topological polar surface area (TPSA) is 100 Å². The van der Waals surface area contributed by atoms with Gasteiger partial charge in [-0.05, 0) is 38.5 Å². The molecule has 0 aliphatic carbocycles. The van der Waals surface area contributed by atoms with Crippen molar-refractivity contribution < 1.29 is 14.5 Å². The molecule has 0 amide bonds. The maximum atomic E-state index is 8.89. The number of nitrogens with two attached hydrogens (primary N) is 1. The Hall–Kier alpha value is -4.52. The number of carbonyl (C=O) groups is 1. The van der Waals surface area contributed by atoms with Crippen molar-refractivity contribution >= 4 is 29.4 Å². The lowest BCUT2D eigenvalue weighted by Crippen LogP contribution is -2.33. The summed E-state index contributed by atoms with van der Waals surface area (Å²) in [5.74, 6) is -0.513. The molecule has 0 spiro atoms. The Morgan fingerprint density at radius 2 is 1.83 bits per heavy atom. The Bertz CT molecular complexity index is 1430. The first-order valence-corrected chi connectivity index (χ1v) is 11.7. The monoisotopic (exact) mass is 479 g/mol. The van der Waals surface area contributed by atoms with E-state index in [4.69, 9.17) is 15.6 Å². The van der Waals surface area contributed by atoms with Gasteiger partial charge in [-0.1, -0.05) is 48.0 Å². The molecule has 5 rings (SSSR count). The molecule has 36 heavy (non-hydrogen) atoms. The summed E-state index contributed by atoms with van der Waals surface area (Å²) in [7, 11) is 0. The molecule has 1 aliphatic heterocycles. The number of benzene rings is 2. The number of allylic oxidation sites excluding steroid dienone is 1. The van der Waals surface area contributed by atoms with Gasteiger partial charge in [0.25, 0.3) is 0 Å². The molecule has 2 aromatic carbocycles. The van der Waals surface area contributed by atoms with E-state index < -0.39 is 5.97 Å². The summed E-state index contributed by atoms with van der Waals surface area (Å²) >= 11 is 0. The quantitative estimate of drug-likeness (QED) is 0.350. The largest absolute Gasteiger partial charge is 0.550 e. The van der Waals surface area contributed by atoms with Gasteiger partial charge in [-0.25, -0.2) is 4.68 Å². The van der Waals surface area contributed by atoms with E-state index in [0.717, 1.165) is 24.5 Å². The molecule has 7 nitrogen and oxygen atoms in total. The highest BCUT2D eigenvalue weighted by Crippen LogP contribution is 2.25. The van der Waals surface area contributed by atoms with Gasteiger partial charge in [0.2, 0.25) is 5.70 Å². The van der Waals surface area contributed by atoms with Crippen molar-refractivity contribution in [1.82, 2.24) is 9.78 Å². The number of rotatable bonds is 5. The van der Waals surface area contributed by atoms with E-state index >= 15 is 0 Å². The third kappa shape index (κ3) is 5.75. The molecule has 182 valence electrons. The van der Waals surface area contributed by atoms with E-state index in [9.17, 15) is 0 Å². The molecule has 4 aromatic rings. The fourth-order valence-corrected chi connectivity index (χ4v) is 4.16. The van der Waals surface area contributed by atoms with Crippen LogP contribution < -0.4 is 15.4 Å². The van der Waals surface area contributed by atoms with Gasteiger partial charge in [0.15, 0.2) is 11.9 Å². The molecule has 0 saturated heterocycles. The summed E-state index contributed by atoms with van der Waals surface area (Å²) in [6.45, 7) is 5.88. The van der Waals surface area contributed by atoms with E-state index in [1.54, 1.807) is 10.9 Å². The van der Waals surface area contributed by atoms with Crippen molar-refractivity contribution in [2.75, 3.05) is 5.73 Å². The zero-order valence-corrected chi connectivity index (χ0v) is 20.7. The smallest absolute Gasteiger partial charge is 0.217 e. The van der Waals surface area contributed by atoms with Gasteiger partial charge in [0, 0.05) is 41.0 Å². The lowest BCUT2D eigenvalue weighted by atomic mass is 10.1. The average Bonchev–Trinajstić information content (AvgIpc) is 3.37. The molecule has 0 saturated carbocycles. The lowest BCUT2D eigenvalue weighted by molar-refractivity contribution is -0.582. The van der Waals surface area contributed by atoms with E-state index in [2.05, 4.69) is 95.4 Å². The highest BCUT2D eigenvalue weighted by Gasteiger charge is 2.28. The van der Waals surface area contributed by atoms with Crippen LogP contribution in [0.5, 0.6) is 0 Å². The summed E-state index contributed by atoms with van der Waals surface area (Å²) in [5.41, 5.74) is 15.6. The fraction of sp³-hybridized carbons (Fsp3) is 0.172. The molecule has 0 atom stereocenters. The van der Waals surface area contributed by atoms with Crippen LogP contribution in [0, 0.1) is 6.92 Å². The van der Waals surface area contributed by atoms with E-state index in [-0.39, 0.29) is 0 Å². The predicted octanol–water partition coefficient (Wildman–Crippen LogP) is 3.45. The van der Waals surface area contributed by atoms with Crippen molar-refractivity contribution in [1.29, 1.82) is 0 Å². The minimum absolute atomic E-state index is 0.571. The summed E-state index contributed by atoms with van der Waals surface area (Å²) < 4.78 is 4.06. The van der Waals surface area contributed by atoms with Crippen LogP contribution in [0.15, 0.2) is 89.7 Å². The molecule has 7 heteroatoms. The zero-order valence-electron chi connectivity index (χ0n) is 20.7. The Labute approximate surface area is 210 Å². The maximum absolute atomic E-state index is 8.89. The molecule has 0 unspecified atom stereocenters. The van der Waals surface area contributed by atoms with Crippen LogP contribution in [0.3, 0.4) is 0 Å². The number of hydrogen-bond acceptors (Lipinski definition) is 5. The third-order valence-corrected chi connectivity index (χ3v) is 5.86. The number of carboxylic acid groups (broad SMARTS) is 1. The van der Waals surface area contributed by atoms with Crippen molar-refractivity contribution in [2.24, 2.45) is 4.99 Å². The van der Waals surface area contributed by atoms with Gasteiger partial charge < -0.3 is 15.6 Å². The molecule has 0 radical (unpaired) electrons. The zero-order chi connectivity index (χ0) is 25.7. The predicted molar refractivity (Wildman–Crippen MR) is 140 cm³/mol. The number of nitrogen functional groups attached to an aromatic ring is 1. The van der Waals surface area contributed by atoms with Crippen LogP contribution in [0.2, 0.25) is 0 Å². The van der Waals surface area contributed by atoms with Crippen LogP contribution in [-0.4, -0.2) is 22.0 Å². The number of aliphatic imine (C=N–C) groups is 1. The first-order valence-electron chi connectivity index (χ1n) is 11.7. The SMILES string of the molecule is CC(=O)[O-].CC1=C(c2ccccc2)[n+]2ccc(C=Nc3cnn(Cc4ccc(C)cc4)c3N)cc2C1. The Morgan fingerprint density at radius 1 is 1.14 bits per heavy atom. The van der Waals surface area contributed by atoms with E-state index in [1.165, 1.54) is 28.1 Å². The van der Waals surface area contributed by atoms with Crippen LogP contribution in [0.1, 0.15) is 41.8 Å². The summed E-state index contributed by atoms with van der Waals surface area (Å²) in [6, 6.07) is 23.2. The first-order chi connectivity index (χ1) is 17.3. The number of fused-ring (bicyclic) bond motifs is 1. The van der Waals surface area contributed by atoms with Crippen molar-refractivity contribution in [3.63, 3.8) is 0 Å². The number of pyridine rings is 1. The molecule has 0 bridgehead atoms. The number of hydrogen-bond donors (Lipinski definition) is 1. The molecular weight excluding hydrogens is 450 g/mol. The van der Waals surface area contributed by atoms with Gasteiger partial charge in [0.1, 0.15) is 11.5 Å². The van der Waals surface area contributed by atoms with Crippen molar-refractivity contribution in [3.8, 4) is 0 Å². The highest BCUT2D eigenvalue weighted by atomic mass is 16.4. The fourth-order valence-electron chi connectivity index (χ4n) is 4.16. The van der Waals surface area contributed by atoms with Gasteiger partial charge in [-0.3, -0.25) is 4.99 Å². The second kappa shape index (κ2) is 10.8. The number of aryl methyl sites for hydroxylation is 1. The summed E-state index contributed by atoms with van der Waals surface area (Å²) in [4.78, 5) is 13.5. The lowest BCUT2D eigenvalue weighted by Gasteiger charge is -2.05. The summed E-state index contributed by atoms with van der Waals surface area (Å²) in [6.07, 6.45) is 6.64. The first kappa shape index (κ1) is 24.6. The van der Waals surface area contributed by atoms with Crippen LogP contribution in [0.25, 0.3) is 5.70 Å². The minimum Gasteiger partial charge on any atom is -0.550 e. The van der Waals surface area contributed by atoms with E-state index in [0.29, 0.717) is 18.1 Å². The maximum Gasteiger partial charge on any atom is 0.217 e. The van der Waals surface area contributed by atoms with Crippen molar-refractivity contribution in [2.45, 2.75) is 33.7 Å². The second-order valence-electron chi connectivity index (χ2n) is 8.80. The third-order valence-electron chi connectivity index (χ3n) is 5.86. The van der Waals surface area contributed by atoms with Crippen LogP contribution in [0.4, 0.5) is 11.5 Å². The normalized spacial score (nSPS) is 12.4. The number of carboxylic acids is 1. The summed E-state index contributed by atoms with van der Waals surface area (Å²) in [5, 5.41) is 13.3. The Balaban J connectivity index is 0.000000709.